The number of hydrogen-bond acceptors (Lipinski definition) is 6. The fourth-order valence-electron chi connectivity index (χ4n) is 3.66. The molecule has 1 aliphatic rings. The van der Waals surface area contributed by atoms with Gasteiger partial charge in [-0.3, -0.25) is 9.80 Å². The maximum atomic E-state index is 12.3. The number of methoxy groups -OCH3 is 1. The number of rotatable bonds is 10. The van der Waals surface area contributed by atoms with Crippen molar-refractivity contribution in [2.45, 2.75) is 25.6 Å². The van der Waals surface area contributed by atoms with E-state index in [-0.39, 0.29) is 12.4 Å². The molecule has 0 radical (unpaired) electrons. The summed E-state index contributed by atoms with van der Waals surface area (Å²) in [6, 6.07) is 13.6. The van der Waals surface area contributed by atoms with E-state index in [1.165, 1.54) is 12.1 Å². The largest absolute Gasteiger partial charge is 0.573 e. The molecule has 2 aromatic carbocycles. The number of aliphatic hydroxyl groups excluding tert-OH is 1. The van der Waals surface area contributed by atoms with Crippen LogP contribution in [0.4, 0.5) is 13.2 Å². The highest BCUT2D eigenvalue weighted by Crippen LogP contribution is 2.23. The molecular formula is C23H29F3N2O4. The summed E-state index contributed by atoms with van der Waals surface area (Å²) >= 11 is 0. The summed E-state index contributed by atoms with van der Waals surface area (Å²) in [6.45, 7) is 5.04. The van der Waals surface area contributed by atoms with Crippen LogP contribution in [-0.2, 0) is 17.9 Å². The summed E-state index contributed by atoms with van der Waals surface area (Å²) in [6.07, 6.45) is -5.26. The molecule has 9 heteroatoms. The number of halogens is 3. The summed E-state index contributed by atoms with van der Waals surface area (Å²) in [5.74, 6) is 0.550. The van der Waals surface area contributed by atoms with Crippen molar-refractivity contribution in [1.29, 1.82) is 0 Å². The van der Waals surface area contributed by atoms with Crippen LogP contribution >= 0.6 is 0 Å². The number of ether oxygens (including phenoxy) is 3. The minimum Gasteiger partial charge on any atom is -0.496 e. The molecule has 1 aliphatic heterocycles. The third kappa shape index (κ3) is 7.98. The maximum Gasteiger partial charge on any atom is 0.573 e. The molecule has 1 N–H and O–H groups in total. The smallest absolute Gasteiger partial charge is 0.496 e. The Morgan fingerprint density at radius 3 is 2.28 bits per heavy atom. The summed E-state index contributed by atoms with van der Waals surface area (Å²) < 4.78 is 51.6. The first kappa shape index (κ1) is 24.3. The molecule has 0 aliphatic carbocycles. The van der Waals surface area contributed by atoms with Crippen molar-refractivity contribution in [2.75, 3.05) is 46.4 Å². The van der Waals surface area contributed by atoms with Crippen LogP contribution in [0, 0.1) is 0 Å². The first-order chi connectivity index (χ1) is 15.3. The molecule has 176 valence electrons. The average Bonchev–Trinajstić information content (AvgIpc) is 2.76. The van der Waals surface area contributed by atoms with Crippen LogP contribution in [0.5, 0.6) is 11.5 Å². The predicted molar refractivity (Wildman–Crippen MR) is 113 cm³/mol. The molecular weight excluding hydrogens is 425 g/mol. The van der Waals surface area contributed by atoms with Gasteiger partial charge in [0, 0.05) is 44.8 Å². The Balaban J connectivity index is 1.34. The zero-order chi connectivity index (χ0) is 23.0. The first-order valence-corrected chi connectivity index (χ1v) is 10.5. The molecule has 1 saturated heterocycles. The third-order valence-corrected chi connectivity index (χ3v) is 5.26. The number of piperazine rings is 1. The minimum atomic E-state index is -4.68. The summed E-state index contributed by atoms with van der Waals surface area (Å²) in [7, 11) is 1.62. The molecule has 3 rings (SSSR count). The highest BCUT2D eigenvalue weighted by Gasteiger charge is 2.31. The van der Waals surface area contributed by atoms with Crippen molar-refractivity contribution < 1.29 is 32.5 Å². The SMILES string of the molecule is COc1ccccc1COCC(O)CN1CCN(Cc2ccc(OC(F)(F)F)cc2)CC1. The van der Waals surface area contributed by atoms with Gasteiger partial charge in [0.2, 0.25) is 0 Å². The molecule has 0 saturated carbocycles. The Bertz CT molecular complexity index is 825. The van der Waals surface area contributed by atoms with E-state index in [0.717, 1.165) is 43.1 Å². The van der Waals surface area contributed by atoms with Gasteiger partial charge in [-0.2, -0.15) is 0 Å². The van der Waals surface area contributed by atoms with E-state index in [1.807, 2.05) is 24.3 Å². The topological polar surface area (TPSA) is 54.4 Å². The third-order valence-electron chi connectivity index (χ3n) is 5.26. The molecule has 0 amide bonds. The van der Waals surface area contributed by atoms with Crippen LogP contribution in [-0.4, -0.2) is 73.8 Å². The van der Waals surface area contributed by atoms with Gasteiger partial charge < -0.3 is 19.3 Å². The van der Waals surface area contributed by atoms with Crippen LogP contribution in [0.3, 0.4) is 0 Å². The Labute approximate surface area is 186 Å². The fourth-order valence-corrected chi connectivity index (χ4v) is 3.66. The van der Waals surface area contributed by atoms with Crippen LogP contribution in [0.1, 0.15) is 11.1 Å². The maximum absolute atomic E-state index is 12.3. The molecule has 1 heterocycles. The van der Waals surface area contributed by atoms with E-state index in [0.29, 0.717) is 19.7 Å². The van der Waals surface area contributed by atoms with Gasteiger partial charge in [-0.25, -0.2) is 0 Å². The van der Waals surface area contributed by atoms with Crippen molar-refractivity contribution in [2.24, 2.45) is 0 Å². The number of nitrogens with zero attached hydrogens (tertiary/aromatic N) is 2. The minimum absolute atomic E-state index is 0.215. The lowest BCUT2D eigenvalue weighted by atomic mass is 10.2. The van der Waals surface area contributed by atoms with Crippen molar-refractivity contribution in [3.8, 4) is 11.5 Å². The fraction of sp³-hybridized carbons (Fsp3) is 0.478. The summed E-state index contributed by atoms with van der Waals surface area (Å²) in [5, 5.41) is 10.3. The van der Waals surface area contributed by atoms with Crippen molar-refractivity contribution in [1.82, 2.24) is 9.80 Å². The Kier molecular flexibility index (Phi) is 8.75. The first-order valence-electron chi connectivity index (χ1n) is 10.5. The van der Waals surface area contributed by atoms with Gasteiger partial charge in [0.05, 0.1) is 26.4 Å². The Hall–Kier alpha value is -2.33. The predicted octanol–water partition coefficient (Wildman–Crippen LogP) is 3.29. The molecule has 6 nitrogen and oxygen atoms in total. The lowest BCUT2D eigenvalue weighted by Gasteiger charge is -2.35. The number of β-amino-alcohol motifs (C(OH)–C–C–N with tert-alkyl or cyclic N) is 1. The molecule has 32 heavy (non-hydrogen) atoms. The zero-order valence-corrected chi connectivity index (χ0v) is 18.1. The average molecular weight is 454 g/mol. The molecule has 1 fully saturated rings. The number of aliphatic hydroxyl groups is 1. The van der Waals surface area contributed by atoms with E-state index < -0.39 is 12.5 Å². The van der Waals surface area contributed by atoms with Crippen LogP contribution in [0.15, 0.2) is 48.5 Å². The molecule has 0 bridgehead atoms. The van der Waals surface area contributed by atoms with Crippen molar-refractivity contribution in [3.05, 3.63) is 59.7 Å². The summed E-state index contributed by atoms with van der Waals surface area (Å²) in [4.78, 5) is 4.43. The van der Waals surface area contributed by atoms with Crippen LogP contribution in [0.2, 0.25) is 0 Å². The lowest BCUT2D eigenvalue weighted by Crippen LogP contribution is -2.48. The van der Waals surface area contributed by atoms with Crippen molar-refractivity contribution >= 4 is 0 Å². The quantitative estimate of drug-likeness (QED) is 0.595. The van der Waals surface area contributed by atoms with Gasteiger partial charge in [-0.15, -0.1) is 13.2 Å². The second-order valence-corrected chi connectivity index (χ2v) is 7.75. The normalized spacial score (nSPS) is 16.7. The molecule has 0 spiro atoms. The van der Waals surface area contributed by atoms with E-state index in [9.17, 15) is 18.3 Å². The van der Waals surface area contributed by atoms with Gasteiger partial charge in [-0.05, 0) is 23.8 Å². The number of benzene rings is 2. The number of hydrogen-bond donors (Lipinski definition) is 1. The lowest BCUT2D eigenvalue weighted by molar-refractivity contribution is -0.274. The van der Waals surface area contributed by atoms with Crippen LogP contribution < -0.4 is 9.47 Å². The van der Waals surface area contributed by atoms with Crippen molar-refractivity contribution in [3.63, 3.8) is 0 Å². The summed E-state index contributed by atoms with van der Waals surface area (Å²) in [5.41, 5.74) is 1.87. The Morgan fingerprint density at radius 2 is 1.62 bits per heavy atom. The number of alkyl halides is 3. The molecule has 2 aromatic rings. The van der Waals surface area contributed by atoms with E-state index in [2.05, 4.69) is 14.5 Å². The highest BCUT2D eigenvalue weighted by atomic mass is 19.4. The Morgan fingerprint density at radius 1 is 0.969 bits per heavy atom. The standard InChI is InChI=1S/C23H29F3N2O4/c1-30-22-5-3-2-4-19(22)16-31-17-20(29)15-28-12-10-27(11-13-28)14-18-6-8-21(9-7-18)32-23(24,25)26/h2-9,20,29H,10-17H2,1H3. The van der Waals surface area contributed by atoms with E-state index >= 15 is 0 Å². The van der Waals surface area contributed by atoms with E-state index in [4.69, 9.17) is 9.47 Å². The second kappa shape index (κ2) is 11.5. The molecule has 0 aromatic heterocycles. The molecule has 1 atom stereocenters. The second-order valence-electron chi connectivity index (χ2n) is 7.75. The van der Waals surface area contributed by atoms with Gasteiger partial charge in [-0.1, -0.05) is 30.3 Å². The van der Waals surface area contributed by atoms with E-state index in [1.54, 1.807) is 19.2 Å². The van der Waals surface area contributed by atoms with Crippen LogP contribution in [0.25, 0.3) is 0 Å². The highest BCUT2D eigenvalue weighted by molar-refractivity contribution is 5.32. The van der Waals surface area contributed by atoms with Gasteiger partial charge in [0.15, 0.2) is 0 Å². The van der Waals surface area contributed by atoms with Gasteiger partial charge in [0.25, 0.3) is 0 Å². The number of para-hydroxylation sites is 1. The molecule has 1 unspecified atom stereocenters. The monoisotopic (exact) mass is 454 g/mol. The van der Waals surface area contributed by atoms with Gasteiger partial charge >= 0.3 is 6.36 Å². The van der Waals surface area contributed by atoms with Gasteiger partial charge in [0.1, 0.15) is 11.5 Å². The zero-order valence-electron chi connectivity index (χ0n) is 18.1.